The highest BCUT2D eigenvalue weighted by atomic mass is 19.4. The van der Waals surface area contributed by atoms with Crippen LogP contribution in [0.4, 0.5) is 13.2 Å². The first-order chi connectivity index (χ1) is 5.58. The van der Waals surface area contributed by atoms with E-state index in [4.69, 9.17) is 0 Å². The zero-order valence-electron chi connectivity index (χ0n) is 6.60. The predicted octanol–water partition coefficient (Wildman–Crippen LogP) is 2.67. The van der Waals surface area contributed by atoms with Gasteiger partial charge in [0.2, 0.25) is 0 Å². The van der Waals surface area contributed by atoms with Gasteiger partial charge in [0.05, 0.1) is 6.10 Å². The van der Waals surface area contributed by atoms with Crippen LogP contribution in [0, 0.1) is 0 Å². The molecule has 1 aliphatic carbocycles. The van der Waals surface area contributed by atoms with Crippen molar-refractivity contribution in [2.45, 2.75) is 31.5 Å². The molecule has 12 heavy (non-hydrogen) atoms. The molecule has 1 atom stereocenters. The second kappa shape index (κ2) is 3.94. The Kier molecular flexibility index (Phi) is 3.14. The monoisotopic (exact) mass is 180 g/mol. The molecular formula is C8H11F3O. The normalized spacial score (nSPS) is 24.4. The summed E-state index contributed by atoms with van der Waals surface area (Å²) in [6, 6.07) is 0. The zero-order chi connectivity index (χ0) is 9.03. The van der Waals surface area contributed by atoms with Crippen LogP contribution in [0.3, 0.4) is 0 Å². The van der Waals surface area contributed by atoms with Crippen molar-refractivity contribution < 1.29 is 17.9 Å². The van der Waals surface area contributed by atoms with E-state index in [1.807, 2.05) is 6.08 Å². The molecule has 0 radical (unpaired) electrons. The van der Waals surface area contributed by atoms with E-state index in [1.165, 1.54) is 0 Å². The first-order valence-corrected chi connectivity index (χ1v) is 3.93. The fourth-order valence-electron chi connectivity index (χ4n) is 1.12. The molecular weight excluding hydrogens is 169 g/mol. The Morgan fingerprint density at radius 1 is 1.42 bits per heavy atom. The first kappa shape index (κ1) is 9.58. The molecule has 1 aliphatic rings. The van der Waals surface area contributed by atoms with E-state index in [9.17, 15) is 13.2 Å². The molecule has 0 aromatic carbocycles. The summed E-state index contributed by atoms with van der Waals surface area (Å²) < 4.78 is 39.6. The average molecular weight is 180 g/mol. The van der Waals surface area contributed by atoms with Crippen LogP contribution in [0.25, 0.3) is 0 Å². The highest BCUT2D eigenvalue weighted by Gasteiger charge is 2.28. The molecule has 0 amide bonds. The Morgan fingerprint density at radius 3 is 2.67 bits per heavy atom. The van der Waals surface area contributed by atoms with Crippen LogP contribution in [0.2, 0.25) is 0 Å². The zero-order valence-corrected chi connectivity index (χ0v) is 6.60. The van der Waals surface area contributed by atoms with Crippen molar-refractivity contribution in [2.75, 3.05) is 6.61 Å². The third kappa shape index (κ3) is 3.76. The summed E-state index contributed by atoms with van der Waals surface area (Å²) in [5.74, 6) is 0. The van der Waals surface area contributed by atoms with E-state index in [0.717, 1.165) is 12.8 Å². The fraction of sp³-hybridized carbons (Fsp3) is 0.750. The molecule has 70 valence electrons. The number of hydrogen-bond acceptors (Lipinski definition) is 1. The molecule has 1 rings (SSSR count). The quantitative estimate of drug-likeness (QED) is 0.593. The van der Waals surface area contributed by atoms with Crippen molar-refractivity contribution in [3.05, 3.63) is 12.2 Å². The lowest BCUT2D eigenvalue weighted by Crippen LogP contribution is -2.23. The lowest BCUT2D eigenvalue weighted by atomic mass is 10.1. The van der Waals surface area contributed by atoms with Crippen LogP contribution in [0.1, 0.15) is 19.3 Å². The summed E-state index contributed by atoms with van der Waals surface area (Å²) in [7, 11) is 0. The number of hydrogen-bond donors (Lipinski definition) is 0. The molecule has 0 spiro atoms. The van der Waals surface area contributed by atoms with Gasteiger partial charge >= 0.3 is 6.18 Å². The molecule has 0 aromatic rings. The van der Waals surface area contributed by atoms with Gasteiger partial charge in [0.25, 0.3) is 0 Å². The average Bonchev–Trinajstić information content (AvgIpc) is 2.02. The molecule has 0 bridgehead atoms. The van der Waals surface area contributed by atoms with Gasteiger partial charge in [0.15, 0.2) is 0 Å². The van der Waals surface area contributed by atoms with E-state index in [-0.39, 0.29) is 6.10 Å². The van der Waals surface area contributed by atoms with Gasteiger partial charge in [0.1, 0.15) is 6.61 Å². The highest BCUT2D eigenvalue weighted by Crippen LogP contribution is 2.19. The van der Waals surface area contributed by atoms with Gasteiger partial charge in [-0.1, -0.05) is 12.2 Å². The molecule has 0 aliphatic heterocycles. The van der Waals surface area contributed by atoms with Crippen LogP contribution in [-0.2, 0) is 4.74 Å². The molecule has 0 N–H and O–H groups in total. The van der Waals surface area contributed by atoms with Crippen LogP contribution >= 0.6 is 0 Å². The van der Waals surface area contributed by atoms with Crippen molar-refractivity contribution in [1.82, 2.24) is 0 Å². The maximum absolute atomic E-state index is 11.7. The maximum Gasteiger partial charge on any atom is 0.411 e. The molecule has 0 heterocycles. The van der Waals surface area contributed by atoms with Gasteiger partial charge in [-0.05, 0) is 19.3 Å². The molecule has 1 nitrogen and oxygen atoms in total. The minimum absolute atomic E-state index is 0.333. The second-order valence-electron chi connectivity index (χ2n) is 2.82. The van der Waals surface area contributed by atoms with Crippen LogP contribution in [-0.4, -0.2) is 18.9 Å². The van der Waals surface area contributed by atoms with Crippen LogP contribution < -0.4 is 0 Å². The third-order valence-corrected chi connectivity index (χ3v) is 1.67. The molecule has 0 saturated heterocycles. The summed E-state index contributed by atoms with van der Waals surface area (Å²) in [6.45, 7) is -1.14. The summed E-state index contributed by atoms with van der Waals surface area (Å²) in [5.41, 5.74) is 0. The Bertz CT molecular complexity index is 162. The Labute approximate surface area is 69.2 Å². The largest absolute Gasteiger partial charge is 0.411 e. The number of halogens is 3. The van der Waals surface area contributed by atoms with Crippen molar-refractivity contribution >= 4 is 0 Å². The van der Waals surface area contributed by atoms with E-state index in [0.29, 0.717) is 6.42 Å². The summed E-state index contributed by atoms with van der Waals surface area (Å²) in [4.78, 5) is 0. The number of alkyl halides is 3. The Morgan fingerprint density at radius 2 is 2.17 bits per heavy atom. The number of ether oxygens (including phenoxy) is 1. The highest BCUT2D eigenvalue weighted by molar-refractivity contribution is 4.94. The summed E-state index contributed by atoms with van der Waals surface area (Å²) in [6.07, 6.45) is 1.60. The minimum Gasteiger partial charge on any atom is -0.365 e. The van der Waals surface area contributed by atoms with Crippen LogP contribution in [0.15, 0.2) is 12.2 Å². The molecule has 0 fully saturated rings. The first-order valence-electron chi connectivity index (χ1n) is 3.93. The summed E-state index contributed by atoms with van der Waals surface area (Å²) >= 11 is 0. The van der Waals surface area contributed by atoms with Crippen molar-refractivity contribution in [3.8, 4) is 0 Å². The van der Waals surface area contributed by atoms with Gasteiger partial charge in [0, 0.05) is 0 Å². The smallest absolute Gasteiger partial charge is 0.365 e. The standard InChI is InChI=1S/C8H11F3O/c9-8(10,11)6-12-7-4-2-1-3-5-7/h2,4,7H,1,3,5-6H2. The van der Waals surface area contributed by atoms with Gasteiger partial charge in [-0.15, -0.1) is 0 Å². The lowest BCUT2D eigenvalue weighted by Gasteiger charge is -2.17. The Hall–Kier alpha value is -0.510. The van der Waals surface area contributed by atoms with E-state index in [2.05, 4.69) is 4.74 Å². The van der Waals surface area contributed by atoms with Gasteiger partial charge < -0.3 is 4.74 Å². The van der Waals surface area contributed by atoms with E-state index >= 15 is 0 Å². The van der Waals surface area contributed by atoms with E-state index < -0.39 is 12.8 Å². The lowest BCUT2D eigenvalue weighted by molar-refractivity contribution is -0.181. The van der Waals surface area contributed by atoms with Crippen molar-refractivity contribution in [1.29, 1.82) is 0 Å². The molecule has 1 unspecified atom stereocenters. The minimum atomic E-state index is -4.20. The van der Waals surface area contributed by atoms with Crippen molar-refractivity contribution in [2.24, 2.45) is 0 Å². The van der Waals surface area contributed by atoms with Crippen LogP contribution in [0.5, 0.6) is 0 Å². The van der Waals surface area contributed by atoms with Crippen molar-refractivity contribution in [3.63, 3.8) is 0 Å². The topological polar surface area (TPSA) is 9.23 Å². The molecule has 4 heteroatoms. The summed E-state index contributed by atoms with van der Waals surface area (Å²) in [5, 5.41) is 0. The fourth-order valence-corrected chi connectivity index (χ4v) is 1.12. The van der Waals surface area contributed by atoms with Gasteiger partial charge in [-0.25, -0.2) is 0 Å². The number of allylic oxidation sites excluding steroid dienone is 1. The SMILES string of the molecule is FC(F)(F)COC1C=CCCC1. The van der Waals surface area contributed by atoms with Gasteiger partial charge in [-0.2, -0.15) is 13.2 Å². The third-order valence-electron chi connectivity index (χ3n) is 1.67. The Balaban J connectivity index is 2.22. The van der Waals surface area contributed by atoms with E-state index in [1.54, 1.807) is 6.08 Å². The number of rotatable bonds is 2. The second-order valence-corrected chi connectivity index (χ2v) is 2.82. The predicted molar refractivity (Wildman–Crippen MR) is 38.8 cm³/mol. The maximum atomic E-state index is 11.7. The van der Waals surface area contributed by atoms with Gasteiger partial charge in [-0.3, -0.25) is 0 Å². The molecule has 0 saturated carbocycles. The molecule has 0 aromatic heterocycles.